The molecule has 0 radical (unpaired) electrons. The molecule has 0 amide bonds. The Kier molecular flexibility index (Phi) is 7.99. The van der Waals surface area contributed by atoms with Gasteiger partial charge in [-0.1, -0.05) is 78.9 Å². The first-order valence-electron chi connectivity index (χ1n) is 7.55. The van der Waals surface area contributed by atoms with Crippen LogP contribution in [-0.4, -0.2) is 14.2 Å². The molecule has 0 spiro atoms. The number of hydrogen-bond acceptors (Lipinski definition) is 3. The van der Waals surface area contributed by atoms with Gasteiger partial charge in [0.2, 0.25) is 0 Å². The van der Waals surface area contributed by atoms with Crippen LogP contribution < -0.4 is 4.52 Å². The fourth-order valence-corrected chi connectivity index (χ4v) is 2.57. The quantitative estimate of drug-likeness (QED) is 0.538. The highest BCUT2D eigenvalue weighted by molar-refractivity contribution is 7.42. The summed E-state index contributed by atoms with van der Waals surface area (Å²) in [5.74, 6) is 0.757. The fraction of sp³-hybridized carbons (Fsp3) is 0.100. The van der Waals surface area contributed by atoms with Crippen molar-refractivity contribution >= 4 is 8.60 Å². The van der Waals surface area contributed by atoms with Crippen LogP contribution >= 0.6 is 8.60 Å². The van der Waals surface area contributed by atoms with Gasteiger partial charge in [0, 0.05) is 14.2 Å². The van der Waals surface area contributed by atoms with Crippen molar-refractivity contribution in [1.82, 2.24) is 0 Å². The molecule has 3 aromatic rings. The zero-order valence-corrected chi connectivity index (χ0v) is 14.7. The Morgan fingerprint density at radius 3 is 1.29 bits per heavy atom. The van der Waals surface area contributed by atoms with Crippen molar-refractivity contribution in [1.29, 1.82) is 0 Å². The first-order valence-corrected chi connectivity index (χ1v) is 8.65. The molecule has 0 atom stereocenters. The topological polar surface area (TPSA) is 27.7 Å². The predicted molar refractivity (Wildman–Crippen MR) is 99.9 cm³/mol. The van der Waals surface area contributed by atoms with Crippen LogP contribution in [0.3, 0.4) is 0 Å². The Balaban J connectivity index is 0.000000174. The van der Waals surface area contributed by atoms with Crippen molar-refractivity contribution in [2.45, 2.75) is 0 Å². The summed E-state index contributed by atoms with van der Waals surface area (Å²) in [6, 6.07) is 30.2. The maximum absolute atomic E-state index is 5.33. The second-order valence-corrected chi connectivity index (χ2v) is 6.09. The molecular formula is C20H21O3P. The lowest BCUT2D eigenvalue weighted by molar-refractivity contribution is 0.277. The molecule has 0 aromatic heterocycles. The summed E-state index contributed by atoms with van der Waals surface area (Å²) in [7, 11) is 1.87. The van der Waals surface area contributed by atoms with E-state index in [0.29, 0.717) is 0 Å². The van der Waals surface area contributed by atoms with Crippen molar-refractivity contribution in [2.75, 3.05) is 14.2 Å². The lowest BCUT2D eigenvalue weighted by Gasteiger charge is -2.11. The van der Waals surface area contributed by atoms with Crippen molar-refractivity contribution in [2.24, 2.45) is 0 Å². The average molecular weight is 340 g/mol. The van der Waals surface area contributed by atoms with Crippen LogP contribution in [0.4, 0.5) is 0 Å². The van der Waals surface area contributed by atoms with Crippen LogP contribution in [0.2, 0.25) is 0 Å². The number of hydrogen-bond donors (Lipinski definition) is 0. The second-order valence-electron chi connectivity index (χ2n) is 4.73. The molecule has 0 aliphatic rings. The van der Waals surface area contributed by atoms with E-state index in [1.54, 1.807) is 14.2 Å². The lowest BCUT2D eigenvalue weighted by atomic mass is 10.1. The van der Waals surface area contributed by atoms with Crippen LogP contribution in [0.25, 0.3) is 11.1 Å². The summed E-state index contributed by atoms with van der Waals surface area (Å²) in [6.07, 6.45) is 0. The molecule has 124 valence electrons. The molecule has 0 saturated heterocycles. The molecule has 0 bridgehead atoms. The van der Waals surface area contributed by atoms with Gasteiger partial charge in [0.25, 0.3) is 0 Å². The first-order chi connectivity index (χ1) is 11.8. The monoisotopic (exact) mass is 340 g/mol. The Bertz CT molecular complexity index is 634. The van der Waals surface area contributed by atoms with Gasteiger partial charge in [-0.3, -0.25) is 0 Å². The third-order valence-corrected chi connectivity index (χ3v) is 4.06. The molecule has 3 nitrogen and oxygen atoms in total. The van der Waals surface area contributed by atoms with E-state index in [2.05, 4.69) is 48.5 Å². The van der Waals surface area contributed by atoms with Crippen molar-refractivity contribution < 1.29 is 13.6 Å². The maximum Gasteiger partial charge on any atom is 0.396 e. The predicted octanol–water partition coefficient (Wildman–Crippen LogP) is 5.94. The SMILES string of the molecule is COP(OC)Oc1ccccc1.c1ccc(-c2ccccc2)cc1. The largest absolute Gasteiger partial charge is 0.427 e. The zero-order chi connectivity index (χ0) is 17.0. The molecule has 0 N–H and O–H groups in total. The zero-order valence-electron chi connectivity index (χ0n) is 13.8. The van der Waals surface area contributed by atoms with Crippen LogP contribution in [-0.2, 0) is 9.05 Å². The molecule has 0 aliphatic heterocycles. The van der Waals surface area contributed by atoms with Gasteiger partial charge in [0.05, 0.1) is 0 Å². The van der Waals surface area contributed by atoms with Gasteiger partial charge in [0.15, 0.2) is 0 Å². The standard InChI is InChI=1S/C12H10.C8H11O3P/c1-3-7-11(8-4-1)12-9-5-2-6-10-12;1-9-12(10-2)11-8-6-4-3-5-7-8/h1-10H;3-7H,1-2H3. The van der Waals surface area contributed by atoms with E-state index in [1.807, 2.05) is 42.5 Å². The fourth-order valence-electron chi connectivity index (χ4n) is 1.98. The molecule has 0 aliphatic carbocycles. The average Bonchev–Trinajstić information content (AvgIpc) is 2.69. The highest BCUT2D eigenvalue weighted by atomic mass is 31.2. The van der Waals surface area contributed by atoms with Crippen LogP contribution in [0.15, 0.2) is 91.0 Å². The molecule has 3 aromatic carbocycles. The minimum atomic E-state index is -1.23. The minimum Gasteiger partial charge on any atom is -0.427 e. The summed E-state index contributed by atoms with van der Waals surface area (Å²) in [5.41, 5.74) is 2.55. The maximum atomic E-state index is 5.33. The number of rotatable bonds is 5. The van der Waals surface area contributed by atoms with Gasteiger partial charge in [-0.25, -0.2) is 0 Å². The summed E-state index contributed by atoms with van der Waals surface area (Å²) in [5, 5.41) is 0. The molecule has 4 heteroatoms. The molecule has 0 heterocycles. The van der Waals surface area contributed by atoms with Crippen LogP contribution in [0.1, 0.15) is 0 Å². The normalized spacial score (nSPS) is 9.96. The van der Waals surface area contributed by atoms with E-state index in [4.69, 9.17) is 13.6 Å². The summed E-state index contributed by atoms with van der Waals surface area (Å²) < 4.78 is 15.2. The third-order valence-electron chi connectivity index (χ3n) is 3.10. The Hall–Kier alpha value is -2.19. The van der Waals surface area contributed by atoms with E-state index < -0.39 is 8.60 Å². The van der Waals surface area contributed by atoms with Gasteiger partial charge >= 0.3 is 8.60 Å². The van der Waals surface area contributed by atoms with Crippen LogP contribution in [0.5, 0.6) is 5.75 Å². The molecule has 24 heavy (non-hydrogen) atoms. The smallest absolute Gasteiger partial charge is 0.396 e. The highest BCUT2D eigenvalue weighted by Crippen LogP contribution is 2.38. The first kappa shape index (κ1) is 18.2. The van der Waals surface area contributed by atoms with Crippen molar-refractivity contribution in [3.63, 3.8) is 0 Å². The Morgan fingerprint density at radius 1 is 0.542 bits per heavy atom. The van der Waals surface area contributed by atoms with Crippen molar-refractivity contribution in [3.8, 4) is 16.9 Å². The molecule has 0 unspecified atom stereocenters. The summed E-state index contributed by atoms with van der Waals surface area (Å²) in [6.45, 7) is 0. The Morgan fingerprint density at radius 2 is 0.917 bits per heavy atom. The van der Waals surface area contributed by atoms with E-state index >= 15 is 0 Å². The highest BCUT2D eigenvalue weighted by Gasteiger charge is 2.08. The van der Waals surface area contributed by atoms with Crippen molar-refractivity contribution in [3.05, 3.63) is 91.0 Å². The number of benzene rings is 3. The van der Waals surface area contributed by atoms with E-state index in [1.165, 1.54) is 11.1 Å². The summed E-state index contributed by atoms with van der Waals surface area (Å²) >= 11 is 0. The van der Waals surface area contributed by atoms with Gasteiger partial charge in [-0.15, -0.1) is 0 Å². The molecule has 3 rings (SSSR count). The molecule has 0 fully saturated rings. The van der Waals surface area contributed by atoms with Gasteiger partial charge in [0.1, 0.15) is 5.75 Å². The van der Waals surface area contributed by atoms with E-state index in [9.17, 15) is 0 Å². The van der Waals surface area contributed by atoms with Crippen LogP contribution in [0, 0.1) is 0 Å². The lowest BCUT2D eigenvalue weighted by Crippen LogP contribution is -1.90. The van der Waals surface area contributed by atoms with Gasteiger partial charge in [-0.2, -0.15) is 0 Å². The van der Waals surface area contributed by atoms with E-state index in [0.717, 1.165) is 5.75 Å². The minimum absolute atomic E-state index is 0.757. The molecule has 0 saturated carbocycles. The van der Waals surface area contributed by atoms with Gasteiger partial charge < -0.3 is 13.6 Å². The second kappa shape index (κ2) is 10.6. The van der Waals surface area contributed by atoms with Gasteiger partial charge in [-0.05, 0) is 23.3 Å². The van der Waals surface area contributed by atoms with E-state index in [-0.39, 0.29) is 0 Å². The molecular weight excluding hydrogens is 319 g/mol. The number of para-hydroxylation sites is 1. The Labute approximate surface area is 144 Å². The third kappa shape index (κ3) is 6.13. The summed E-state index contributed by atoms with van der Waals surface area (Å²) in [4.78, 5) is 0.